The maximum Gasteiger partial charge on any atom is 0.0482 e. The number of rotatable bonds is 3. The molecule has 1 saturated heterocycles. The SMILES string of the molecule is CC1CN(C(CN)c2ccc(Cl)cc2Br)CC(C)N1C. The van der Waals surface area contributed by atoms with Crippen LogP contribution in [0.25, 0.3) is 0 Å². The van der Waals surface area contributed by atoms with Crippen LogP contribution in [0.3, 0.4) is 0 Å². The largest absolute Gasteiger partial charge is 0.329 e. The summed E-state index contributed by atoms with van der Waals surface area (Å²) >= 11 is 9.65. The lowest BCUT2D eigenvalue weighted by Crippen LogP contribution is -2.56. The quantitative estimate of drug-likeness (QED) is 0.899. The van der Waals surface area contributed by atoms with E-state index in [2.05, 4.69) is 52.7 Å². The van der Waals surface area contributed by atoms with Crippen LogP contribution in [0.2, 0.25) is 5.02 Å². The number of likely N-dealkylation sites (N-methyl/N-ethyl adjacent to an activating group) is 1. The highest BCUT2D eigenvalue weighted by Gasteiger charge is 2.31. The Morgan fingerprint density at radius 3 is 2.45 bits per heavy atom. The van der Waals surface area contributed by atoms with E-state index in [1.165, 1.54) is 5.56 Å². The lowest BCUT2D eigenvalue weighted by atomic mass is 10.0. The lowest BCUT2D eigenvalue weighted by molar-refractivity contribution is 0.0350. The Balaban J connectivity index is 2.24. The summed E-state index contributed by atoms with van der Waals surface area (Å²) in [7, 11) is 2.20. The van der Waals surface area contributed by atoms with E-state index in [0.717, 1.165) is 22.6 Å². The summed E-state index contributed by atoms with van der Waals surface area (Å²) in [6.07, 6.45) is 0. The van der Waals surface area contributed by atoms with Crippen LogP contribution in [-0.2, 0) is 0 Å². The molecule has 20 heavy (non-hydrogen) atoms. The third kappa shape index (κ3) is 3.37. The highest BCUT2D eigenvalue weighted by atomic mass is 79.9. The highest BCUT2D eigenvalue weighted by Crippen LogP contribution is 2.31. The van der Waals surface area contributed by atoms with Crippen LogP contribution < -0.4 is 5.73 Å². The predicted molar refractivity (Wildman–Crippen MR) is 89.2 cm³/mol. The molecular formula is C15H23BrClN3. The number of hydrogen-bond donors (Lipinski definition) is 1. The molecule has 0 aromatic heterocycles. The Morgan fingerprint density at radius 2 is 1.95 bits per heavy atom. The zero-order chi connectivity index (χ0) is 14.9. The van der Waals surface area contributed by atoms with E-state index in [-0.39, 0.29) is 6.04 Å². The van der Waals surface area contributed by atoms with Crippen molar-refractivity contribution in [3.05, 3.63) is 33.3 Å². The van der Waals surface area contributed by atoms with Gasteiger partial charge in [0.25, 0.3) is 0 Å². The highest BCUT2D eigenvalue weighted by molar-refractivity contribution is 9.10. The van der Waals surface area contributed by atoms with Crippen molar-refractivity contribution in [1.29, 1.82) is 0 Å². The molecule has 1 fully saturated rings. The molecule has 1 heterocycles. The third-order valence-corrected chi connectivity index (χ3v) is 5.30. The molecule has 3 unspecified atom stereocenters. The van der Waals surface area contributed by atoms with Crippen LogP contribution in [0.15, 0.2) is 22.7 Å². The number of nitrogens with two attached hydrogens (primary N) is 1. The van der Waals surface area contributed by atoms with Crippen LogP contribution in [0.1, 0.15) is 25.5 Å². The van der Waals surface area contributed by atoms with Gasteiger partial charge in [-0.1, -0.05) is 33.6 Å². The van der Waals surface area contributed by atoms with Crippen LogP contribution >= 0.6 is 27.5 Å². The van der Waals surface area contributed by atoms with Gasteiger partial charge in [0.2, 0.25) is 0 Å². The standard InChI is InChI=1S/C15H23BrClN3/c1-10-8-20(9-11(2)19(10)3)15(7-18)13-5-4-12(17)6-14(13)16/h4-6,10-11,15H,7-9,18H2,1-3H3. The second-order valence-corrected chi connectivity index (χ2v) is 7.03. The molecule has 1 aromatic rings. The molecule has 5 heteroatoms. The molecule has 3 atom stereocenters. The minimum absolute atomic E-state index is 0.236. The van der Waals surface area contributed by atoms with Gasteiger partial charge < -0.3 is 5.73 Å². The molecular weight excluding hydrogens is 338 g/mol. The average Bonchev–Trinajstić information content (AvgIpc) is 2.39. The summed E-state index contributed by atoms with van der Waals surface area (Å²) in [5.74, 6) is 0. The van der Waals surface area contributed by atoms with E-state index < -0.39 is 0 Å². The van der Waals surface area contributed by atoms with Crippen molar-refractivity contribution in [1.82, 2.24) is 9.80 Å². The van der Waals surface area contributed by atoms with E-state index in [9.17, 15) is 0 Å². The fraction of sp³-hybridized carbons (Fsp3) is 0.600. The summed E-state index contributed by atoms with van der Waals surface area (Å²) in [5.41, 5.74) is 7.28. The summed E-state index contributed by atoms with van der Waals surface area (Å²) in [4.78, 5) is 4.92. The number of piperazine rings is 1. The Labute approximate surface area is 135 Å². The summed E-state index contributed by atoms with van der Waals surface area (Å²) < 4.78 is 1.04. The van der Waals surface area contributed by atoms with Crippen LogP contribution in [-0.4, -0.2) is 48.6 Å². The minimum Gasteiger partial charge on any atom is -0.329 e. The van der Waals surface area contributed by atoms with E-state index >= 15 is 0 Å². The van der Waals surface area contributed by atoms with E-state index in [1.54, 1.807) is 0 Å². The number of benzene rings is 1. The summed E-state index contributed by atoms with van der Waals surface area (Å²) in [6.45, 7) is 7.24. The van der Waals surface area contributed by atoms with Gasteiger partial charge >= 0.3 is 0 Å². The molecule has 1 aliphatic rings. The Morgan fingerprint density at radius 1 is 1.35 bits per heavy atom. The van der Waals surface area contributed by atoms with Gasteiger partial charge in [0, 0.05) is 47.3 Å². The molecule has 2 rings (SSSR count). The maximum absolute atomic E-state index is 6.06. The lowest BCUT2D eigenvalue weighted by Gasteiger charge is -2.45. The topological polar surface area (TPSA) is 32.5 Å². The normalized spacial score (nSPS) is 26.7. The van der Waals surface area contributed by atoms with Gasteiger partial charge in [0.1, 0.15) is 0 Å². The number of hydrogen-bond acceptors (Lipinski definition) is 3. The molecule has 3 nitrogen and oxygen atoms in total. The fourth-order valence-corrected chi connectivity index (χ4v) is 3.89. The van der Waals surface area contributed by atoms with Gasteiger partial charge in [0.05, 0.1) is 0 Å². The first-order chi connectivity index (χ1) is 9.43. The van der Waals surface area contributed by atoms with Crippen molar-refractivity contribution in [3.63, 3.8) is 0 Å². The zero-order valence-corrected chi connectivity index (χ0v) is 14.7. The third-order valence-electron chi connectivity index (χ3n) is 4.37. The van der Waals surface area contributed by atoms with Gasteiger partial charge in [-0.05, 0) is 38.6 Å². The molecule has 112 valence electrons. The monoisotopic (exact) mass is 359 g/mol. The zero-order valence-electron chi connectivity index (χ0n) is 12.3. The number of halogens is 2. The fourth-order valence-electron chi connectivity index (χ4n) is 2.94. The second kappa shape index (κ2) is 6.75. The van der Waals surface area contributed by atoms with E-state index in [4.69, 9.17) is 17.3 Å². The van der Waals surface area contributed by atoms with Gasteiger partial charge in [-0.3, -0.25) is 9.80 Å². The predicted octanol–water partition coefficient (Wildman–Crippen LogP) is 3.13. The molecule has 0 aliphatic carbocycles. The van der Waals surface area contributed by atoms with Gasteiger partial charge in [-0.25, -0.2) is 0 Å². The van der Waals surface area contributed by atoms with Gasteiger partial charge in [0.15, 0.2) is 0 Å². The first-order valence-corrected chi connectivity index (χ1v) is 8.22. The Bertz CT molecular complexity index is 456. The van der Waals surface area contributed by atoms with Gasteiger partial charge in [-0.2, -0.15) is 0 Å². The minimum atomic E-state index is 0.236. The molecule has 2 N–H and O–H groups in total. The Kier molecular flexibility index (Phi) is 5.49. The molecule has 0 bridgehead atoms. The molecule has 1 aromatic carbocycles. The summed E-state index contributed by atoms with van der Waals surface area (Å²) in [6, 6.07) is 7.28. The van der Waals surface area contributed by atoms with E-state index in [0.29, 0.717) is 18.6 Å². The van der Waals surface area contributed by atoms with Crippen molar-refractivity contribution in [2.45, 2.75) is 32.0 Å². The van der Waals surface area contributed by atoms with Crippen LogP contribution in [0.4, 0.5) is 0 Å². The Hall–Kier alpha value is -0.130. The van der Waals surface area contributed by atoms with Crippen molar-refractivity contribution in [3.8, 4) is 0 Å². The second-order valence-electron chi connectivity index (χ2n) is 5.73. The van der Waals surface area contributed by atoms with E-state index in [1.807, 2.05) is 12.1 Å². The van der Waals surface area contributed by atoms with Crippen LogP contribution in [0, 0.1) is 0 Å². The molecule has 0 amide bonds. The van der Waals surface area contributed by atoms with Crippen LogP contribution in [0.5, 0.6) is 0 Å². The van der Waals surface area contributed by atoms with Crippen molar-refractivity contribution in [2.75, 3.05) is 26.7 Å². The molecule has 0 radical (unpaired) electrons. The van der Waals surface area contributed by atoms with Crippen molar-refractivity contribution in [2.24, 2.45) is 5.73 Å². The smallest absolute Gasteiger partial charge is 0.0482 e. The number of nitrogens with zero attached hydrogens (tertiary/aromatic N) is 2. The van der Waals surface area contributed by atoms with Crippen molar-refractivity contribution < 1.29 is 0 Å². The first kappa shape index (κ1) is 16.2. The maximum atomic E-state index is 6.06. The van der Waals surface area contributed by atoms with Gasteiger partial charge in [-0.15, -0.1) is 0 Å². The molecule has 0 spiro atoms. The average molecular weight is 361 g/mol. The molecule has 1 aliphatic heterocycles. The first-order valence-electron chi connectivity index (χ1n) is 7.05. The van der Waals surface area contributed by atoms with Crippen molar-refractivity contribution >= 4 is 27.5 Å². The molecule has 0 saturated carbocycles. The summed E-state index contributed by atoms with van der Waals surface area (Å²) in [5, 5.41) is 0.747.